The molecule has 0 aliphatic carbocycles. The van der Waals surface area contributed by atoms with Gasteiger partial charge in [-0.2, -0.15) is 5.26 Å². The van der Waals surface area contributed by atoms with Crippen LogP contribution < -0.4 is 10.3 Å². The summed E-state index contributed by atoms with van der Waals surface area (Å²) < 4.78 is 12.3. The average Bonchev–Trinajstić information content (AvgIpc) is 3.29. The Bertz CT molecular complexity index is 1480. The van der Waals surface area contributed by atoms with Crippen molar-refractivity contribution in [3.8, 4) is 11.8 Å². The number of hydrogen-bond donors (Lipinski definition) is 1. The smallest absolute Gasteiger partial charge is 0.307 e. The maximum absolute atomic E-state index is 12.8. The van der Waals surface area contributed by atoms with Crippen molar-refractivity contribution in [3.63, 3.8) is 0 Å². The van der Waals surface area contributed by atoms with Crippen LogP contribution in [-0.4, -0.2) is 38.5 Å². The molecule has 10 nitrogen and oxygen atoms in total. The van der Waals surface area contributed by atoms with Crippen LogP contribution in [0.15, 0.2) is 57.7 Å². The summed E-state index contributed by atoms with van der Waals surface area (Å²) in [7, 11) is 0. The number of nitriles is 1. The van der Waals surface area contributed by atoms with E-state index < -0.39 is 17.7 Å². The first-order valence-electron chi connectivity index (χ1n) is 11.1. The van der Waals surface area contributed by atoms with Crippen LogP contribution in [-0.2, 0) is 11.3 Å². The number of hydrogen-bond acceptors (Lipinski definition) is 8. The Morgan fingerprint density at radius 2 is 2.03 bits per heavy atom. The van der Waals surface area contributed by atoms with Crippen molar-refractivity contribution in [2.75, 3.05) is 6.61 Å². The van der Waals surface area contributed by atoms with Gasteiger partial charge in [0, 0.05) is 24.8 Å². The first kappa shape index (κ1) is 23.6. The molecule has 0 spiro atoms. The summed E-state index contributed by atoms with van der Waals surface area (Å²) in [5.74, 6) is -2.00. The molecular formula is C25H22N4O6. The molecule has 0 radical (unpaired) electrons. The molecule has 2 heterocycles. The van der Waals surface area contributed by atoms with Gasteiger partial charge in [-0.15, -0.1) is 5.10 Å². The fourth-order valence-corrected chi connectivity index (χ4v) is 3.68. The molecule has 35 heavy (non-hydrogen) atoms. The maximum atomic E-state index is 12.8. The van der Waals surface area contributed by atoms with E-state index in [1.807, 2.05) is 0 Å². The highest BCUT2D eigenvalue weighted by atomic mass is 16.5. The molecule has 4 aromatic rings. The molecule has 2 aromatic carbocycles. The maximum Gasteiger partial charge on any atom is 0.307 e. The SMILES string of the molecule is N#CCCCOc1ccc2oc(C(=O)CC(CCn3nnc4ccccc4c3=O)C(=O)O)cc2c1. The molecule has 0 amide bonds. The number of carbonyl (C=O) groups excluding carboxylic acids is 1. The number of unbranched alkanes of at least 4 members (excludes halogenated alkanes) is 1. The Balaban J connectivity index is 1.43. The normalized spacial score (nSPS) is 11.9. The number of aromatic nitrogens is 3. The van der Waals surface area contributed by atoms with Crippen LogP contribution in [0.5, 0.6) is 5.75 Å². The van der Waals surface area contributed by atoms with Crippen LogP contribution in [0.1, 0.15) is 36.2 Å². The number of carboxylic acids is 1. The van der Waals surface area contributed by atoms with Crippen LogP contribution in [0, 0.1) is 17.2 Å². The number of ether oxygens (including phenoxy) is 1. The highest BCUT2D eigenvalue weighted by molar-refractivity contribution is 5.99. The lowest BCUT2D eigenvalue weighted by molar-refractivity contribution is -0.142. The third-order valence-corrected chi connectivity index (χ3v) is 5.56. The largest absolute Gasteiger partial charge is 0.494 e. The van der Waals surface area contributed by atoms with Crippen molar-refractivity contribution >= 4 is 33.6 Å². The van der Waals surface area contributed by atoms with Crippen LogP contribution in [0.3, 0.4) is 0 Å². The molecule has 2 aromatic heterocycles. The van der Waals surface area contributed by atoms with Gasteiger partial charge in [0.15, 0.2) is 11.5 Å². The minimum atomic E-state index is -1.15. The Kier molecular flexibility index (Phi) is 7.16. The molecule has 0 saturated carbocycles. The molecule has 1 atom stereocenters. The minimum absolute atomic E-state index is 0.00748. The van der Waals surface area contributed by atoms with Gasteiger partial charge >= 0.3 is 5.97 Å². The van der Waals surface area contributed by atoms with Gasteiger partial charge in [0.05, 0.1) is 24.0 Å². The lowest BCUT2D eigenvalue weighted by Gasteiger charge is -2.11. The Morgan fingerprint density at radius 3 is 2.83 bits per heavy atom. The molecule has 4 rings (SSSR count). The van der Waals surface area contributed by atoms with Gasteiger partial charge in [-0.3, -0.25) is 14.4 Å². The zero-order valence-electron chi connectivity index (χ0n) is 18.7. The van der Waals surface area contributed by atoms with E-state index in [-0.39, 0.29) is 30.7 Å². The summed E-state index contributed by atoms with van der Waals surface area (Å²) in [4.78, 5) is 37.2. The molecule has 0 fully saturated rings. The molecule has 10 heteroatoms. The first-order chi connectivity index (χ1) is 17.0. The summed E-state index contributed by atoms with van der Waals surface area (Å²) in [6.07, 6.45) is 0.744. The van der Waals surface area contributed by atoms with Gasteiger partial charge in [-0.25, -0.2) is 4.68 Å². The number of benzene rings is 2. The van der Waals surface area contributed by atoms with E-state index in [1.54, 1.807) is 48.5 Å². The summed E-state index contributed by atoms with van der Waals surface area (Å²) >= 11 is 0. The Labute approximate surface area is 199 Å². The summed E-state index contributed by atoms with van der Waals surface area (Å²) in [6.45, 7) is 0.404. The number of carbonyl (C=O) groups is 2. The zero-order chi connectivity index (χ0) is 24.8. The number of ketones is 1. The van der Waals surface area contributed by atoms with Crippen molar-refractivity contribution in [1.29, 1.82) is 5.26 Å². The Morgan fingerprint density at radius 1 is 1.20 bits per heavy atom. The van der Waals surface area contributed by atoms with Crippen LogP contribution in [0.25, 0.3) is 21.9 Å². The molecule has 0 aliphatic heterocycles. The molecule has 178 valence electrons. The summed E-state index contributed by atoms with van der Waals surface area (Å²) in [6, 6.07) is 15.5. The highest BCUT2D eigenvalue weighted by Crippen LogP contribution is 2.26. The van der Waals surface area contributed by atoms with Gasteiger partial charge in [0.25, 0.3) is 5.56 Å². The van der Waals surface area contributed by atoms with E-state index >= 15 is 0 Å². The second kappa shape index (κ2) is 10.6. The van der Waals surface area contributed by atoms with Gasteiger partial charge in [-0.1, -0.05) is 17.3 Å². The lowest BCUT2D eigenvalue weighted by atomic mass is 9.98. The molecular weight excluding hydrogens is 452 g/mol. The molecule has 0 saturated heterocycles. The molecule has 0 bridgehead atoms. The van der Waals surface area contributed by atoms with E-state index in [4.69, 9.17) is 14.4 Å². The van der Waals surface area contributed by atoms with Crippen molar-refractivity contribution in [3.05, 3.63) is 64.6 Å². The van der Waals surface area contributed by atoms with E-state index in [1.165, 1.54) is 0 Å². The summed E-state index contributed by atoms with van der Waals surface area (Å²) in [5, 5.41) is 27.1. The van der Waals surface area contributed by atoms with Crippen molar-refractivity contribution in [1.82, 2.24) is 15.0 Å². The Hall–Kier alpha value is -4.52. The van der Waals surface area contributed by atoms with Gasteiger partial charge in [0.1, 0.15) is 16.8 Å². The minimum Gasteiger partial charge on any atom is -0.494 e. The lowest BCUT2D eigenvalue weighted by Crippen LogP contribution is -2.27. The third kappa shape index (κ3) is 5.52. The average molecular weight is 474 g/mol. The molecule has 1 unspecified atom stereocenters. The van der Waals surface area contributed by atoms with E-state index in [0.717, 1.165) is 4.68 Å². The molecule has 1 N–H and O–H groups in total. The van der Waals surface area contributed by atoms with Gasteiger partial charge in [-0.05, 0) is 49.2 Å². The number of carboxylic acid groups (broad SMARTS) is 1. The number of fused-ring (bicyclic) bond motifs is 2. The predicted octanol–water partition coefficient (Wildman–Crippen LogP) is 3.58. The fraction of sp³-hybridized carbons (Fsp3) is 0.280. The highest BCUT2D eigenvalue weighted by Gasteiger charge is 2.24. The van der Waals surface area contributed by atoms with Gasteiger partial charge < -0.3 is 14.3 Å². The summed E-state index contributed by atoms with van der Waals surface area (Å²) in [5.41, 5.74) is 0.566. The standard InChI is InChI=1S/C25H22N4O6/c26-10-3-4-12-34-18-7-8-22-17(13-18)15-23(35-22)21(30)14-16(25(32)33)9-11-29-24(31)19-5-1-2-6-20(19)27-28-29/h1-2,5-8,13,15-16H,3-4,9,11-12,14H2,(H,32,33). The fourth-order valence-electron chi connectivity index (χ4n) is 3.68. The van der Waals surface area contributed by atoms with Crippen molar-refractivity contribution in [2.24, 2.45) is 5.92 Å². The number of aliphatic carboxylic acids is 1. The molecule has 0 aliphatic rings. The van der Waals surface area contributed by atoms with Crippen LogP contribution in [0.2, 0.25) is 0 Å². The second-order valence-corrected chi connectivity index (χ2v) is 8.01. The number of aryl methyl sites for hydroxylation is 1. The quantitative estimate of drug-likeness (QED) is 0.254. The van der Waals surface area contributed by atoms with Crippen molar-refractivity contribution in [2.45, 2.75) is 32.2 Å². The first-order valence-corrected chi connectivity index (χ1v) is 11.1. The predicted molar refractivity (Wildman–Crippen MR) is 125 cm³/mol. The van der Waals surface area contributed by atoms with E-state index in [0.29, 0.717) is 47.1 Å². The topological polar surface area (TPSA) is 148 Å². The zero-order valence-corrected chi connectivity index (χ0v) is 18.7. The van der Waals surface area contributed by atoms with Crippen LogP contribution in [0.4, 0.5) is 0 Å². The van der Waals surface area contributed by atoms with Crippen LogP contribution >= 0.6 is 0 Å². The van der Waals surface area contributed by atoms with Crippen molar-refractivity contribution < 1.29 is 23.8 Å². The van der Waals surface area contributed by atoms with E-state index in [9.17, 15) is 19.5 Å². The number of furan rings is 1. The number of nitrogens with zero attached hydrogens (tertiary/aromatic N) is 4. The second-order valence-electron chi connectivity index (χ2n) is 8.01. The number of Topliss-reactive ketones (excluding diaryl/α,β-unsaturated/α-hetero) is 1. The number of rotatable bonds is 11. The van der Waals surface area contributed by atoms with E-state index in [2.05, 4.69) is 16.4 Å². The van der Waals surface area contributed by atoms with Gasteiger partial charge in [0.2, 0.25) is 0 Å². The third-order valence-electron chi connectivity index (χ3n) is 5.56. The monoisotopic (exact) mass is 474 g/mol.